The minimum absolute atomic E-state index is 0.342. The summed E-state index contributed by atoms with van der Waals surface area (Å²) in [5.41, 5.74) is 4.77. The summed E-state index contributed by atoms with van der Waals surface area (Å²) in [6.45, 7) is 0. The van der Waals surface area contributed by atoms with Crippen LogP contribution < -0.4 is 0 Å². The summed E-state index contributed by atoms with van der Waals surface area (Å²) in [7, 11) is 0. The summed E-state index contributed by atoms with van der Waals surface area (Å²) in [5.74, 6) is 0. The SMILES string of the molecule is Ic1cccc(C(c2ccccc2)(c2ccccc2)c2ccccc2)c1. The van der Waals surface area contributed by atoms with Gasteiger partial charge < -0.3 is 0 Å². The van der Waals surface area contributed by atoms with Gasteiger partial charge >= 0.3 is 0 Å². The molecule has 0 radical (unpaired) electrons. The smallest absolute Gasteiger partial charge is 0.0622 e. The van der Waals surface area contributed by atoms with Crippen molar-refractivity contribution in [3.63, 3.8) is 0 Å². The van der Waals surface area contributed by atoms with Gasteiger partial charge in [0, 0.05) is 3.57 Å². The Balaban J connectivity index is 2.14. The normalized spacial score (nSPS) is 11.3. The first-order chi connectivity index (χ1) is 12.8. The van der Waals surface area contributed by atoms with Gasteiger partial charge in [-0.2, -0.15) is 0 Å². The first kappa shape index (κ1) is 17.0. The molecule has 0 N–H and O–H groups in total. The van der Waals surface area contributed by atoms with Crippen molar-refractivity contribution in [1.82, 2.24) is 0 Å². The molecule has 0 nitrogen and oxygen atoms in total. The highest BCUT2D eigenvalue weighted by molar-refractivity contribution is 14.1. The number of hydrogen-bond donors (Lipinski definition) is 0. The number of halogens is 1. The molecule has 0 aliphatic carbocycles. The first-order valence-corrected chi connectivity index (χ1v) is 9.82. The number of hydrogen-bond acceptors (Lipinski definition) is 0. The van der Waals surface area contributed by atoms with Crippen LogP contribution in [0, 0.1) is 3.57 Å². The van der Waals surface area contributed by atoms with E-state index in [1.807, 2.05) is 0 Å². The maximum absolute atomic E-state index is 2.40. The zero-order valence-corrected chi connectivity index (χ0v) is 16.5. The van der Waals surface area contributed by atoms with E-state index in [0.29, 0.717) is 0 Å². The van der Waals surface area contributed by atoms with Gasteiger partial charge in [-0.25, -0.2) is 0 Å². The summed E-state index contributed by atoms with van der Waals surface area (Å²) in [6, 6.07) is 41.3. The third kappa shape index (κ3) is 2.97. The number of benzene rings is 4. The van der Waals surface area contributed by atoms with Crippen LogP contribution in [0.15, 0.2) is 115 Å². The van der Waals surface area contributed by atoms with Crippen LogP contribution in [0.25, 0.3) is 0 Å². The van der Waals surface area contributed by atoms with Gasteiger partial charge in [0.2, 0.25) is 0 Å². The molecule has 0 bridgehead atoms. The second-order valence-electron chi connectivity index (χ2n) is 6.36. The van der Waals surface area contributed by atoms with Crippen LogP contribution in [0.3, 0.4) is 0 Å². The lowest BCUT2D eigenvalue weighted by atomic mass is 9.65. The summed E-state index contributed by atoms with van der Waals surface area (Å²) in [6.07, 6.45) is 0. The molecule has 0 aromatic heterocycles. The van der Waals surface area contributed by atoms with Crippen LogP contribution in [0.2, 0.25) is 0 Å². The van der Waals surface area contributed by atoms with Crippen molar-refractivity contribution in [3.8, 4) is 0 Å². The Labute approximate surface area is 168 Å². The quantitative estimate of drug-likeness (QED) is 0.243. The summed E-state index contributed by atoms with van der Waals surface area (Å²) < 4.78 is 1.24. The van der Waals surface area contributed by atoms with Gasteiger partial charge in [-0.15, -0.1) is 0 Å². The molecule has 26 heavy (non-hydrogen) atoms. The van der Waals surface area contributed by atoms with Gasteiger partial charge in [0.1, 0.15) is 0 Å². The maximum atomic E-state index is 2.40. The molecule has 0 unspecified atom stereocenters. The topological polar surface area (TPSA) is 0 Å². The van der Waals surface area contributed by atoms with Crippen molar-refractivity contribution in [1.29, 1.82) is 0 Å². The van der Waals surface area contributed by atoms with Gasteiger partial charge in [0.05, 0.1) is 5.41 Å². The molecule has 0 saturated heterocycles. The Morgan fingerprint density at radius 2 is 0.808 bits per heavy atom. The molecule has 0 amide bonds. The van der Waals surface area contributed by atoms with Crippen molar-refractivity contribution in [3.05, 3.63) is 141 Å². The van der Waals surface area contributed by atoms with E-state index in [4.69, 9.17) is 0 Å². The monoisotopic (exact) mass is 446 g/mol. The van der Waals surface area contributed by atoms with Gasteiger partial charge in [0.15, 0.2) is 0 Å². The highest BCUT2D eigenvalue weighted by Gasteiger charge is 2.38. The van der Waals surface area contributed by atoms with E-state index in [0.717, 1.165) is 0 Å². The Hall–Kier alpha value is -2.39. The van der Waals surface area contributed by atoms with E-state index in [-0.39, 0.29) is 5.41 Å². The lowest BCUT2D eigenvalue weighted by molar-refractivity contribution is 0.744. The molecule has 1 heteroatoms. The van der Waals surface area contributed by atoms with E-state index < -0.39 is 0 Å². The average molecular weight is 446 g/mol. The van der Waals surface area contributed by atoms with Gasteiger partial charge in [-0.05, 0) is 57.0 Å². The molecule has 4 aromatic carbocycles. The third-order valence-corrected chi connectivity index (χ3v) is 5.55. The number of rotatable bonds is 4. The summed E-state index contributed by atoms with van der Waals surface area (Å²) >= 11 is 2.40. The molecule has 0 aliphatic rings. The Morgan fingerprint density at radius 3 is 1.19 bits per heavy atom. The molecule has 0 saturated carbocycles. The standard InChI is InChI=1S/C25H19I/c26-24-18-10-17-23(19-24)25(20-11-4-1-5-12-20,21-13-6-2-7-14-21)22-15-8-3-9-16-22/h1-19H. The van der Waals surface area contributed by atoms with Crippen molar-refractivity contribution < 1.29 is 0 Å². The Kier molecular flexibility index (Phi) is 4.89. The Bertz CT molecular complexity index is 879. The minimum Gasteiger partial charge on any atom is -0.0622 e. The van der Waals surface area contributed by atoms with Crippen LogP contribution in [0.1, 0.15) is 22.3 Å². The molecule has 0 atom stereocenters. The highest BCUT2D eigenvalue weighted by atomic mass is 127. The first-order valence-electron chi connectivity index (χ1n) is 8.74. The van der Waals surface area contributed by atoms with Crippen LogP contribution in [0.5, 0.6) is 0 Å². The van der Waals surface area contributed by atoms with Crippen LogP contribution in [-0.4, -0.2) is 0 Å². The minimum atomic E-state index is -0.342. The molecule has 126 valence electrons. The average Bonchev–Trinajstić information content (AvgIpc) is 2.71. The zero-order valence-electron chi connectivity index (χ0n) is 14.3. The summed E-state index contributed by atoms with van der Waals surface area (Å²) in [4.78, 5) is 0. The summed E-state index contributed by atoms with van der Waals surface area (Å²) in [5, 5.41) is 0. The van der Waals surface area contributed by atoms with Crippen molar-refractivity contribution in [2.24, 2.45) is 0 Å². The predicted octanol–water partition coefficient (Wildman–Crippen LogP) is 6.67. The van der Waals surface area contributed by atoms with E-state index in [1.54, 1.807) is 0 Å². The molecule has 0 aliphatic heterocycles. The van der Waals surface area contributed by atoms with E-state index in [1.165, 1.54) is 25.8 Å². The lowest BCUT2D eigenvalue weighted by Crippen LogP contribution is -2.31. The molecular formula is C25H19I. The fraction of sp³-hybridized carbons (Fsp3) is 0.0400. The van der Waals surface area contributed by atoms with E-state index in [2.05, 4.69) is 138 Å². The molecule has 4 aromatic rings. The third-order valence-electron chi connectivity index (χ3n) is 4.88. The Morgan fingerprint density at radius 1 is 0.423 bits per heavy atom. The van der Waals surface area contributed by atoms with E-state index in [9.17, 15) is 0 Å². The second-order valence-corrected chi connectivity index (χ2v) is 7.60. The van der Waals surface area contributed by atoms with Crippen molar-refractivity contribution in [2.75, 3.05) is 0 Å². The lowest BCUT2D eigenvalue weighted by Gasteiger charge is -2.37. The van der Waals surface area contributed by atoms with Gasteiger partial charge in [-0.1, -0.05) is 103 Å². The van der Waals surface area contributed by atoms with E-state index >= 15 is 0 Å². The van der Waals surface area contributed by atoms with Crippen molar-refractivity contribution >= 4 is 22.6 Å². The maximum Gasteiger partial charge on any atom is 0.0701 e. The second kappa shape index (κ2) is 7.46. The fourth-order valence-corrected chi connectivity index (χ4v) is 4.33. The van der Waals surface area contributed by atoms with Gasteiger partial charge in [0.25, 0.3) is 0 Å². The molecule has 0 heterocycles. The van der Waals surface area contributed by atoms with Crippen LogP contribution >= 0.6 is 22.6 Å². The molecule has 4 rings (SSSR count). The molecule has 0 spiro atoms. The molecule has 0 fully saturated rings. The molecular weight excluding hydrogens is 427 g/mol. The highest BCUT2D eigenvalue weighted by Crippen LogP contribution is 2.45. The zero-order chi connectivity index (χ0) is 17.8. The largest absolute Gasteiger partial charge is 0.0701 e. The fourth-order valence-electron chi connectivity index (χ4n) is 3.79. The van der Waals surface area contributed by atoms with Crippen LogP contribution in [0.4, 0.5) is 0 Å². The predicted molar refractivity (Wildman–Crippen MR) is 117 cm³/mol. The van der Waals surface area contributed by atoms with Gasteiger partial charge in [-0.3, -0.25) is 0 Å². The van der Waals surface area contributed by atoms with Crippen LogP contribution in [-0.2, 0) is 5.41 Å². The van der Waals surface area contributed by atoms with Crippen molar-refractivity contribution in [2.45, 2.75) is 5.41 Å².